The summed E-state index contributed by atoms with van der Waals surface area (Å²) in [6.07, 6.45) is 0.590. The van der Waals surface area contributed by atoms with Gasteiger partial charge in [0.1, 0.15) is 6.29 Å². The third kappa shape index (κ3) is 1.92. The number of hydrogen-bond donors (Lipinski definition) is 0. The van der Waals surface area contributed by atoms with E-state index in [0.29, 0.717) is 21.9 Å². The monoisotopic (exact) mass is 243 g/mol. The van der Waals surface area contributed by atoms with Gasteiger partial charge < -0.3 is 0 Å². The molecule has 68 valence electrons. The number of aryl methyl sites for hydroxylation is 1. The molecule has 1 aromatic carbocycles. The van der Waals surface area contributed by atoms with Crippen LogP contribution in [0.2, 0.25) is 0 Å². The first kappa shape index (κ1) is 9.85. The summed E-state index contributed by atoms with van der Waals surface area (Å²) in [6, 6.07) is 2.83. The summed E-state index contributed by atoms with van der Waals surface area (Å²) in [5.41, 5.74) is 0.908. The Kier molecular flexibility index (Phi) is 2.77. The van der Waals surface area contributed by atoms with E-state index in [-0.39, 0.29) is 5.69 Å². The fourth-order valence-electron chi connectivity index (χ4n) is 0.979. The first-order valence-corrected chi connectivity index (χ1v) is 4.25. The third-order valence-electron chi connectivity index (χ3n) is 1.59. The van der Waals surface area contributed by atoms with Gasteiger partial charge >= 0.3 is 0 Å². The molecule has 1 rings (SSSR count). The van der Waals surface area contributed by atoms with Crippen molar-refractivity contribution in [2.75, 3.05) is 0 Å². The van der Waals surface area contributed by atoms with E-state index in [4.69, 9.17) is 0 Å². The number of nitrogens with zero attached hydrogens (tertiary/aromatic N) is 1. The Morgan fingerprint density at radius 1 is 1.54 bits per heavy atom. The van der Waals surface area contributed by atoms with Crippen LogP contribution in [0.3, 0.4) is 0 Å². The Bertz CT molecular complexity index is 376. The number of nitro groups is 1. The van der Waals surface area contributed by atoms with Crippen molar-refractivity contribution in [1.82, 2.24) is 0 Å². The predicted octanol–water partition coefficient (Wildman–Crippen LogP) is 2.48. The maximum atomic E-state index is 10.5. The SMILES string of the molecule is Cc1cc(C=O)cc([N+](=O)[O-])c1Br. The first-order chi connectivity index (χ1) is 6.06. The normalized spacial score (nSPS) is 9.69. The average Bonchev–Trinajstić information content (AvgIpc) is 2.09. The van der Waals surface area contributed by atoms with E-state index >= 15 is 0 Å². The van der Waals surface area contributed by atoms with Crippen LogP contribution in [0.4, 0.5) is 5.69 Å². The van der Waals surface area contributed by atoms with Gasteiger partial charge in [0.15, 0.2) is 0 Å². The van der Waals surface area contributed by atoms with Crippen molar-refractivity contribution in [2.45, 2.75) is 6.92 Å². The lowest BCUT2D eigenvalue weighted by Crippen LogP contribution is -1.93. The maximum Gasteiger partial charge on any atom is 0.284 e. The number of benzene rings is 1. The minimum atomic E-state index is -0.524. The predicted molar refractivity (Wildman–Crippen MR) is 50.9 cm³/mol. The number of hydrogen-bond acceptors (Lipinski definition) is 3. The topological polar surface area (TPSA) is 60.2 Å². The largest absolute Gasteiger partial charge is 0.298 e. The van der Waals surface area contributed by atoms with Crippen LogP contribution in [0.5, 0.6) is 0 Å². The average molecular weight is 244 g/mol. The summed E-state index contributed by atoms with van der Waals surface area (Å²) in [4.78, 5) is 20.4. The molecule has 5 heteroatoms. The van der Waals surface area contributed by atoms with Crippen molar-refractivity contribution in [3.8, 4) is 0 Å². The number of aldehydes is 1. The van der Waals surface area contributed by atoms with Crippen molar-refractivity contribution in [3.05, 3.63) is 37.8 Å². The molecule has 0 aliphatic heterocycles. The van der Waals surface area contributed by atoms with Crippen LogP contribution in [0.15, 0.2) is 16.6 Å². The highest BCUT2D eigenvalue weighted by Gasteiger charge is 2.14. The highest BCUT2D eigenvalue weighted by Crippen LogP contribution is 2.28. The van der Waals surface area contributed by atoms with Gasteiger partial charge in [-0.15, -0.1) is 0 Å². The van der Waals surface area contributed by atoms with Gasteiger partial charge in [-0.3, -0.25) is 14.9 Å². The third-order valence-corrected chi connectivity index (χ3v) is 2.62. The lowest BCUT2D eigenvalue weighted by Gasteiger charge is -2.00. The number of halogens is 1. The molecular weight excluding hydrogens is 238 g/mol. The number of rotatable bonds is 2. The zero-order valence-corrected chi connectivity index (χ0v) is 8.37. The molecule has 0 amide bonds. The molecule has 0 saturated carbocycles. The van der Waals surface area contributed by atoms with Gasteiger partial charge in [0.2, 0.25) is 0 Å². The van der Waals surface area contributed by atoms with E-state index < -0.39 is 4.92 Å². The first-order valence-electron chi connectivity index (χ1n) is 3.46. The fourth-order valence-corrected chi connectivity index (χ4v) is 1.35. The summed E-state index contributed by atoms with van der Waals surface area (Å²) >= 11 is 3.09. The van der Waals surface area contributed by atoms with Crippen LogP contribution in [0.25, 0.3) is 0 Å². The van der Waals surface area contributed by atoms with Gasteiger partial charge in [-0.25, -0.2) is 0 Å². The molecule has 0 unspecified atom stereocenters. The molecule has 0 N–H and O–H groups in total. The minimum absolute atomic E-state index is 0.0814. The summed E-state index contributed by atoms with van der Waals surface area (Å²) in [7, 11) is 0. The van der Waals surface area contributed by atoms with Crippen molar-refractivity contribution in [2.24, 2.45) is 0 Å². The fraction of sp³-hybridized carbons (Fsp3) is 0.125. The van der Waals surface area contributed by atoms with Gasteiger partial charge in [0.05, 0.1) is 9.40 Å². The van der Waals surface area contributed by atoms with Gasteiger partial charge in [-0.05, 0) is 34.5 Å². The Morgan fingerprint density at radius 3 is 2.62 bits per heavy atom. The van der Waals surface area contributed by atoms with E-state index in [9.17, 15) is 14.9 Å². The highest BCUT2D eigenvalue weighted by molar-refractivity contribution is 9.10. The lowest BCUT2D eigenvalue weighted by atomic mass is 10.1. The molecule has 0 atom stereocenters. The van der Waals surface area contributed by atoms with Crippen LogP contribution in [-0.2, 0) is 0 Å². The van der Waals surface area contributed by atoms with Gasteiger partial charge in [-0.1, -0.05) is 0 Å². The van der Waals surface area contributed by atoms with E-state index in [2.05, 4.69) is 15.9 Å². The summed E-state index contributed by atoms with van der Waals surface area (Å²) in [5.74, 6) is 0. The molecule has 0 fully saturated rings. The second-order valence-corrected chi connectivity index (χ2v) is 3.34. The summed E-state index contributed by atoms with van der Waals surface area (Å²) < 4.78 is 0.420. The molecule has 0 bridgehead atoms. The quantitative estimate of drug-likeness (QED) is 0.456. The molecular formula is C8H6BrNO3. The molecule has 0 aliphatic rings. The number of carbonyl (C=O) groups is 1. The molecule has 0 spiro atoms. The van der Waals surface area contributed by atoms with Gasteiger partial charge in [0.25, 0.3) is 5.69 Å². The minimum Gasteiger partial charge on any atom is -0.298 e. The van der Waals surface area contributed by atoms with Gasteiger partial charge in [-0.2, -0.15) is 0 Å². The van der Waals surface area contributed by atoms with Crippen LogP contribution in [-0.4, -0.2) is 11.2 Å². The molecule has 0 radical (unpaired) electrons. The van der Waals surface area contributed by atoms with Crippen molar-refractivity contribution in [1.29, 1.82) is 0 Å². The van der Waals surface area contributed by atoms with E-state index in [1.165, 1.54) is 6.07 Å². The van der Waals surface area contributed by atoms with Crippen LogP contribution in [0, 0.1) is 17.0 Å². The Morgan fingerprint density at radius 2 is 2.15 bits per heavy atom. The molecule has 0 aliphatic carbocycles. The van der Waals surface area contributed by atoms with Crippen LogP contribution < -0.4 is 0 Å². The van der Waals surface area contributed by atoms with Crippen LogP contribution >= 0.6 is 15.9 Å². The number of nitro benzene ring substituents is 1. The molecule has 0 saturated heterocycles. The summed E-state index contributed by atoms with van der Waals surface area (Å²) in [6.45, 7) is 1.70. The summed E-state index contributed by atoms with van der Waals surface area (Å²) in [5, 5.41) is 10.5. The smallest absolute Gasteiger partial charge is 0.284 e. The zero-order valence-electron chi connectivity index (χ0n) is 6.78. The molecule has 13 heavy (non-hydrogen) atoms. The van der Waals surface area contributed by atoms with Crippen molar-refractivity contribution in [3.63, 3.8) is 0 Å². The molecule has 0 heterocycles. The zero-order chi connectivity index (χ0) is 10.0. The molecule has 1 aromatic rings. The Labute approximate surface area is 82.8 Å². The molecule has 4 nitrogen and oxygen atoms in total. The van der Waals surface area contributed by atoms with Gasteiger partial charge in [0, 0.05) is 11.6 Å². The number of carbonyl (C=O) groups excluding carboxylic acids is 1. The Hall–Kier alpha value is -1.23. The van der Waals surface area contributed by atoms with E-state index in [0.717, 1.165) is 0 Å². The maximum absolute atomic E-state index is 10.5. The van der Waals surface area contributed by atoms with Crippen molar-refractivity contribution >= 4 is 27.9 Å². The second kappa shape index (κ2) is 3.66. The standard InChI is InChI=1S/C8H6BrNO3/c1-5-2-6(4-11)3-7(8(5)9)10(12)13/h2-4H,1H3. The lowest BCUT2D eigenvalue weighted by molar-refractivity contribution is -0.385. The Balaban J connectivity index is 3.41. The highest BCUT2D eigenvalue weighted by atomic mass is 79.9. The van der Waals surface area contributed by atoms with E-state index in [1.54, 1.807) is 13.0 Å². The van der Waals surface area contributed by atoms with Crippen molar-refractivity contribution < 1.29 is 9.72 Å². The second-order valence-electron chi connectivity index (χ2n) is 2.55. The van der Waals surface area contributed by atoms with Crippen LogP contribution in [0.1, 0.15) is 15.9 Å². The van der Waals surface area contributed by atoms with E-state index in [1.807, 2.05) is 0 Å². The molecule has 0 aromatic heterocycles.